The summed E-state index contributed by atoms with van der Waals surface area (Å²) in [4.78, 5) is 4.89. The molecular weight excluding hydrogens is 214 g/mol. The van der Waals surface area contributed by atoms with Gasteiger partial charge in [0.2, 0.25) is 0 Å². The van der Waals surface area contributed by atoms with E-state index in [0.29, 0.717) is 18.0 Å². The van der Waals surface area contributed by atoms with E-state index < -0.39 is 0 Å². The first-order chi connectivity index (χ1) is 8.16. The minimum atomic E-state index is 0.345. The Morgan fingerprint density at radius 2 is 1.94 bits per heavy atom. The molecule has 2 fully saturated rings. The lowest BCUT2D eigenvalue weighted by Gasteiger charge is -2.40. The van der Waals surface area contributed by atoms with Gasteiger partial charge in [-0.15, -0.1) is 0 Å². The molecule has 2 saturated heterocycles. The summed E-state index contributed by atoms with van der Waals surface area (Å²) in [5, 5.41) is 0. The van der Waals surface area contributed by atoms with Gasteiger partial charge in [-0.1, -0.05) is 0 Å². The van der Waals surface area contributed by atoms with E-state index in [2.05, 4.69) is 23.9 Å². The Balaban J connectivity index is 1.81. The van der Waals surface area contributed by atoms with Crippen LogP contribution < -0.4 is 5.73 Å². The predicted molar refractivity (Wildman–Crippen MR) is 70.1 cm³/mol. The van der Waals surface area contributed by atoms with Gasteiger partial charge in [-0.25, -0.2) is 0 Å². The Kier molecular flexibility index (Phi) is 4.79. The van der Waals surface area contributed by atoms with E-state index in [1.807, 2.05) is 0 Å². The first-order valence-electron chi connectivity index (χ1n) is 6.89. The molecule has 0 amide bonds. The van der Waals surface area contributed by atoms with E-state index >= 15 is 0 Å². The summed E-state index contributed by atoms with van der Waals surface area (Å²) in [6.45, 7) is 5.31. The number of hydrogen-bond acceptors (Lipinski definition) is 4. The highest BCUT2D eigenvalue weighted by atomic mass is 16.5. The van der Waals surface area contributed by atoms with Crippen LogP contribution in [0.1, 0.15) is 19.3 Å². The first kappa shape index (κ1) is 13.3. The molecule has 2 aliphatic heterocycles. The highest BCUT2D eigenvalue weighted by Gasteiger charge is 2.28. The Hall–Kier alpha value is -0.160. The lowest BCUT2D eigenvalue weighted by Crippen LogP contribution is -2.52. The second-order valence-corrected chi connectivity index (χ2v) is 5.75. The van der Waals surface area contributed by atoms with Gasteiger partial charge in [0.25, 0.3) is 0 Å². The van der Waals surface area contributed by atoms with Gasteiger partial charge >= 0.3 is 0 Å². The third-order valence-electron chi connectivity index (χ3n) is 4.40. The van der Waals surface area contributed by atoms with Crippen molar-refractivity contribution in [1.29, 1.82) is 0 Å². The van der Waals surface area contributed by atoms with E-state index in [0.717, 1.165) is 39.0 Å². The van der Waals surface area contributed by atoms with Crippen molar-refractivity contribution in [2.75, 3.05) is 46.9 Å². The van der Waals surface area contributed by atoms with Crippen molar-refractivity contribution in [3.63, 3.8) is 0 Å². The third-order valence-corrected chi connectivity index (χ3v) is 4.40. The average Bonchev–Trinajstić information content (AvgIpc) is 2.35. The second-order valence-electron chi connectivity index (χ2n) is 5.75. The number of likely N-dealkylation sites (N-methyl/N-ethyl adjacent to an activating group) is 2. The van der Waals surface area contributed by atoms with Crippen molar-refractivity contribution in [3.8, 4) is 0 Å². The molecule has 2 aliphatic rings. The molecule has 2 heterocycles. The smallest absolute Gasteiger partial charge is 0.0469 e. The van der Waals surface area contributed by atoms with Crippen LogP contribution in [0, 0.1) is 5.92 Å². The SMILES string of the molecule is CN1CCN(C)C(CC(N)C2CCOCC2)C1. The largest absolute Gasteiger partial charge is 0.381 e. The number of nitrogens with two attached hydrogens (primary N) is 1. The van der Waals surface area contributed by atoms with Crippen LogP contribution >= 0.6 is 0 Å². The summed E-state index contributed by atoms with van der Waals surface area (Å²) in [5.41, 5.74) is 6.39. The van der Waals surface area contributed by atoms with E-state index in [4.69, 9.17) is 10.5 Å². The summed E-state index contributed by atoms with van der Waals surface area (Å²) in [6.07, 6.45) is 3.42. The highest BCUT2D eigenvalue weighted by molar-refractivity contribution is 4.85. The van der Waals surface area contributed by atoms with E-state index in [9.17, 15) is 0 Å². The molecule has 0 aliphatic carbocycles. The van der Waals surface area contributed by atoms with Crippen molar-refractivity contribution in [2.24, 2.45) is 11.7 Å². The van der Waals surface area contributed by atoms with Gasteiger partial charge in [0.15, 0.2) is 0 Å². The monoisotopic (exact) mass is 241 g/mol. The predicted octanol–water partition coefficient (Wildman–Crippen LogP) is 0.376. The van der Waals surface area contributed by atoms with Crippen LogP contribution in [0.3, 0.4) is 0 Å². The molecular formula is C13H27N3O. The summed E-state index contributed by atoms with van der Waals surface area (Å²) in [5.74, 6) is 0.671. The Labute approximate surface area is 105 Å². The van der Waals surface area contributed by atoms with Gasteiger partial charge in [-0.05, 0) is 39.3 Å². The molecule has 2 rings (SSSR count). The molecule has 0 aromatic carbocycles. The molecule has 0 aromatic heterocycles. The fourth-order valence-electron chi connectivity index (χ4n) is 3.01. The number of rotatable bonds is 3. The van der Waals surface area contributed by atoms with Crippen LogP contribution in [-0.4, -0.2) is 68.8 Å². The van der Waals surface area contributed by atoms with Gasteiger partial charge < -0.3 is 20.3 Å². The maximum absolute atomic E-state index is 6.39. The molecule has 0 aromatic rings. The number of hydrogen-bond donors (Lipinski definition) is 1. The summed E-state index contributed by atoms with van der Waals surface area (Å²) < 4.78 is 5.40. The summed E-state index contributed by atoms with van der Waals surface area (Å²) >= 11 is 0. The van der Waals surface area contributed by atoms with Crippen molar-refractivity contribution in [3.05, 3.63) is 0 Å². The number of piperazine rings is 1. The van der Waals surface area contributed by atoms with Gasteiger partial charge in [0, 0.05) is 44.9 Å². The molecule has 2 N–H and O–H groups in total. The summed E-state index contributed by atoms with van der Waals surface area (Å²) in [6, 6.07) is 0.976. The van der Waals surface area contributed by atoms with Crippen molar-refractivity contribution in [2.45, 2.75) is 31.3 Å². The molecule has 17 heavy (non-hydrogen) atoms. The van der Waals surface area contributed by atoms with Crippen molar-refractivity contribution < 1.29 is 4.74 Å². The van der Waals surface area contributed by atoms with Gasteiger partial charge in [-0.3, -0.25) is 0 Å². The standard InChI is InChI=1S/C13H27N3O/c1-15-5-6-16(2)12(10-15)9-13(14)11-3-7-17-8-4-11/h11-13H,3-10,14H2,1-2H3. The van der Waals surface area contributed by atoms with Crippen molar-refractivity contribution >= 4 is 0 Å². The van der Waals surface area contributed by atoms with Gasteiger partial charge in [-0.2, -0.15) is 0 Å². The lowest BCUT2D eigenvalue weighted by molar-refractivity contribution is 0.0470. The average molecular weight is 241 g/mol. The maximum atomic E-state index is 6.39. The number of ether oxygens (including phenoxy) is 1. The lowest BCUT2D eigenvalue weighted by atomic mass is 9.87. The zero-order chi connectivity index (χ0) is 12.3. The van der Waals surface area contributed by atoms with Gasteiger partial charge in [0.1, 0.15) is 0 Å². The normalized spacial score (nSPS) is 31.6. The highest BCUT2D eigenvalue weighted by Crippen LogP contribution is 2.22. The second kappa shape index (κ2) is 6.14. The Morgan fingerprint density at radius 3 is 2.65 bits per heavy atom. The fraction of sp³-hybridized carbons (Fsp3) is 1.00. The van der Waals surface area contributed by atoms with Crippen LogP contribution in [0.4, 0.5) is 0 Å². The molecule has 4 nitrogen and oxygen atoms in total. The van der Waals surface area contributed by atoms with Crippen LogP contribution in [-0.2, 0) is 4.74 Å². The van der Waals surface area contributed by atoms with Crippen LogP contribution in [0.5, 0.6) is 0 Å². The van der Waals surface area contributed by atoms with Crippen molar-refractivity contribution in [1.82, 2.24) is 9.80 Å². The maximum Gasteiger partial charge on any atom is 0.0469 e. The van der Waals surface area contributed by atoms with E-state index in [1.54, 1.807) is 0 Å². The Morgan fingerprint density at radius 1 is 1.24 bits per heavy atom. The molecule has 0 saturated carbocycles. The minimum absolute atomic E-state index is 0.345. The van der Waals surface area contributed by atoms with Crippen LogP contribution in [0.15, 0.2) is 0 Å². The quantitative estimate of drug-likeness (QED) is 0.775. The third kappa shape index (κ3) is 3.65. The molecule has 0 radical (unpaired) electrons. The minimum Gasteiger partial charge on any atom is -0.381 e. The number of nitrogens with zero attached hydrogens (tertiary/aromatic N) is 2. The van der Waals surface area contributed by atoms with Gasteiger partial charge in [0.05, 0.1) is 0 Å². The molecule has 4 heteroatoms. The van der Waals surface area contributed by atoms with Crippen LogP contribution in [0.25, 0.3) is 0 Å². The first-order valence-corrected chi connectivity index (χ1v) is 6.89. The topological polar surface area (TPSA) is 41.7 Å². The van der Waals surface area contributed by atoms with E-state index in [-0.39, 0.29) is 0 Å². The van der Waals surface area contributed by atoms with E-state index in [1.165, 1.54) is 13.1 Å². The fourth-order valence-corrected chi connectivity index (χ4v) is 3.01. The summed E-state index contributed by atoms with van der Waals surface area (Å²) in [7, 11) is 4.44. The zero-order valence-electron chi connectivity index (χ0n) is 11.3. The molecule has 2 atom stereocenters. The Bertz CT molecular complexity index is 231. The van der Waals surface area contributed by atoms with Crippen LogP contribution in [0.2, 0.25) is 0 Å². The molecule has 0 bridgehead atoms. The molecule has 100 valence electrons. The molecule has 0 spiro atoms. The zero-order valence-corrected chi connectivity index (χ0v) is 11.3. The molecule has 2 unspecified atom stereocenters.